The third-order valence-electron chi connectivity index (χ3n) is 10.3. The number of carbonyl (C=O) groups is 2. The van der Waals surface area contributed by atoms with Gasteiger partial charge in [-0.1, -0.05) is 121 Å². The minimum Gasteiger partial charge on any atom is -0.465 e. The highest BCUT2D eigenvalue weighted by Gasteiger charge is 2.48. The van der Waals surface area contributed by atoms with Crippen molar-refractivity contribution in [1.29, 1.82) is 0 Å². The summed E-state index contributed by atoms with van der Waals surface area (Å²) in [4.78, 5) is 38.3. The summed E-state index contributed by atoms with van der Waals surface area (Å²) in [6.45, 7) is 7.10. The number of hydrogen-bond donors (Lipinski definition) is 3. The minimum absolute atomic E-state index is 0.00166. The number of halogens is 1. The van der Waals surface area contributed by atoms with Gasteiger partial charge in [-0.2, -0.15) is 14.4 Å². The molecule has 1 saturated heterocycles. The first-order valence-corrected chi connectivity index (χ1v) is 22.5. The predicted octanol–water partition coefficient (Wildman–Crippen LogP) is 7.90. The first-order valence-electron chi connectivity index (χ1n) is 21.0. The van der Waals surface area contributed by atoms with Gasteiger partial charge in [0.2, 0.25) is 0 Å². The number of benzene rings is 1. The van der Waals surface area contributed by atoms with Crippen molar-refractivity contribution in [3.8, 4) is 0 Å². The fourth-order valence-electron chi connectivity index (χ4n) is 6.77. The van der Waals surface area contributed by atoms with E-state index < -0.39 is 62.4 Å². The van der Waals surface area contributed by atoms with Gasteiger partial charge in [-0.15, -0.1) is 0 Å². The molecule has 0 aliphatic carbocycles. The molecule has 0 saturated carbocycles. The number of rotatable bonds is 28. The van der Waals surface area contributed by atoms with Gasteiger partial charge in [-0.05, 0) is 38.7 Å². The lowest BCUT2D eigenvalue weighted by atomic mass is 10.0. The zero-order valence-electron chi connectivity index (χ0n) is 34.6. The Morgan fingerprint density at radius 1 is 0.966 bits per heavy atom. The summed E-state index contributed by atoms with van der Waals surface area (Å²) in [5.41, 5.74) is 5.30. The first kappa shape index (κ1) is 47.2. The monoisotopic (exact) mass is 834 g/mol. The molecule has 3 heterocycles. The van der Waals surface area contributed by atoms with E-state index in [-0.39, 0.29) is 43.0 Å². The zero-order chi connectivity index (χ0) is 42.0. The first-order chi connectivity index (χ1) is 27.9. The van der Waals surface area contributed by atoms with E-state index in [9.17, 15) is 23.7 Å². The summed E-state index contributed by atoms with van der Waals surface area (Å²) in [7, 11) is -4.60. The maximum atomic E-state index is 14.8. The van der Waals surface area contributed by atoms with E-state index in [0.29, 0.717) is 12.8 Å². The van der Waals surface area contributed by atoms with E-state index >= 15 is 0 Å². The average molecular weight is 835 g/mol. The highest BCUT2D eigenvalue weighted by atomic mass is 31.2. The van der Waals surface area contributed by atoms with Crippen molar-refractivity contribution in [1.82, 2.24) is 24.6 Å². The van der Waals surface area contributed by atoms with Gasteiger partial charge in [0.1, 0.15) is 17.9 Å². The molecular formula is C41H64FN6O9P. The van der Waals surface area contributed by atoms with Gasteiger partial charge < -0.3 is 25.1 Å². The highest BCUT2D eigenvalue weighted by Crippen LogP contribution is 2.49. The normalized spacial score (nSPS) is 20.2. The fraction of sp³-hybridized carbons (Fsp3) is 0.683. The molecule has 0 amide bonds. The van der Waals surface area contributed by atoms with Crippen molar-refractivity contribution in [2.24, 2.45) is 0 Å². The van der Waals surface area contributed by atoms with Crippen LogP contribution in [0.5, 0.6) is 0 Å². The molecular weight excluding hydrogens is 770 g/mol. The Balaban J connectivity index is 1.49. The van der Waals surface area contributed by atoms with Crippen molar-refractivity contribution in [2.45, 2.75) is 161 Å². The molecule has 3 aromatic rings. The molecule has 17 heteroatoms. The van der Waals surface area contributed by atoms with Gasteiger partial charge in [0.05, 0.1) is 32.3 Å². The van der Waals surface area contributed by atoms with E-state index in [1.165, 1.54) is 43.5 Å². The molecule has 6 atom stereocenters. The van der Waals surface area contributed by atoms with Crippen molar-refractivity contribution >= 4 is 36.7 Å². The predicted molar refractivity (Wildman–Crippen MR) is 218 cm³/mol. The quantitative estimate of drug-likeness (QED) is 0.0276. The van der Waals surface area contributed by atoms with Crippen LogP contribution in [0, 0.1) is 6.08 Å². The molecule has 4 rings (SSSR count). The highest BCUT2D eigenvalue weighted by molar-refractivity contribution is 7.51. The SMILES string of the molecule is CCCCCCCCCOC(=O)[C@H](Cc1ccccc1)NP(=O)(OC[C@@]1(C)O[C@@H](n2cnc3c(N)nc(F)nc32)C[C@@H]1O)O[C@@H](C)C(=O)OCCCCCCCCC. The lowest BCUT2D eigenvalue weighted by molar-refractivity contribution is -0.152. The Morgan fingerprint density at radius 2 is 1.55 bits per heavy atom. The van der Waals surface area contributed by atoms with Gasteiger partial charge in [0, 0.05) is 6.42 Å². The van der Waals surface area contributed by atoms with E-state index in [1.807, 2.05) is 30.3 Å². The van der Waals surface area contributed by atoms with Crippen LogP contribution in [0.3, 0.4) is 0 Å². The average Bonchev–Trinajstić information content (AvgIpc) is 3.76. The van der Waals surface area contributed by atoms with E-state index in [1.54, 1.807) is 6.92 Å². The molecule has 1 aliphatic heterocycles. The number of nitrogens with one attached hydrogen (secondary N) is 1. The minimum atomic E-state index is -4.60. The Kier molecular flexibility index (Phi) is 19.4. The fourth-order valence-corrected chi connectivity index (χ4v) is 8.47. The van der Waals surface area contributed by atoms with Gasteiger partial charge in [0.15, 0.2) is 23.1 Å². The summed E-state index contributed by atoms with van der Waals surface area (Å²) in [5, 5.41) is 14.0. The lowest BCUT2D eigenvalue weighted by Gasteiger charge is -2.31. The molecule has 0 spiro atoms. The largest absolute Gasteiger partial charge is 0.465 e. The molecule has 4 N–H and O–H groups in total. The number of aliphatic hydroxyl groups is 1. The number of aromatic nitrogens is 4. The number of nitrogens with zero attached hydrogens (tertiary/aromatic N) is 4. The number of carbonyl (C=O) groups excluding carboxylic acids is 2. The number of aliphatic hydroxyl groups excluding tert-OH is 1. The third-order valence-corrected chi connectivity index (χ3v) is 12.0. The Labute approximate surface area is 341 Å². The molecule has 58 heavy (non-hydrogen) atoms. The Bertz CT molecular complexity index is 1750. The summed E-state index contributed by atoms with van der Waals surface area (Å²) in [6, 6.07) is 7.92. The second-order valence-electron chi connectivity index (χ2n) is 15.3. The van der Waals surface area contributed by atoms with Crippen LogP contribution in [-0.4, -0.2) is 80.2 Å². The lowest BCUT2D eigenvalue weighted by Crippen LogP contribution is -2.43. The van der Waals surface area contributed by atoms with Crippen LogP contribution >= 0.6 is 7.75 Å². The molecule has 324 valence electrons. The van der Waals surface area contributed by atoms with E-state index in [4.69, 9.17) is 29.0 Å². The third kappa shape index (κ3) is 14.6. The Morgan fingerprint density at radius 3 is 2.17 bits per heavy atom. The van der Waals surface area contributed by atoms with Crippen molar-refractivity contribution in [3.05, 3.63) is 48.3 Å². The number of nitrogen functional groups attached to an aromatic ring is 1. The summed E-state index contributed by atoms with van der Waals surface area (Å²) in [5.74, 6) is -1.57. The summed E-state index contributed by atoms with van der Waals surface area (Å²) in [6.07, 6.45) is 11.4. The summed E-state index contributed by atoms with van der Waals surface area (Å²) < 4.78 is 59.6. The Hall–Kier alpha value is -3.53. The topological polar surface area (TPSA) is 199 Å². The number of ether oxygens (including phenoxy) is 3. The summed E-state index contributed by atoms with van der Waals surface area (Å²) >= 11 is 0. The number of fused-ring (bicyclic) bond motifs is 1. The second kappa shape index (κ2) is 23.9. The van der Waals surface area contributed by atoms with Crippen LogP contribution in [0.25, 0.3) is 11.2 Å². The van der Waals surface area contributed by atoms with Crippen molar-refractivity contribution < 1.29 is 46.9 Å². The van der Waals surface area contributed by atoms with Crippen LogP contribution in [0.2, 0.25) is 0 Å². The molecule has 15 nitrogen and oxygen atoms in total. The maximum Gasteiger partial charge on any atom is 0.407 e. The molecule has 1 fully saturated rings. The molecule has 0 bridgehead atoms. The standard InChI is InChI=1S/C41H64FN6O9P/c1-5-7-9-11-13-15-20-24-53-38(50)30(3)57-58(52,47-32(26-31-22-18-17-19-23-31)39(51)54-25-21-16-14-12-10-8-6-2)55-28-41(4)33(49)27-34(56-41)48-29-44-35-36(43)45-40(42)46-37(35)48/h17-19,22-23,29-30,32-34,49H,5-16,20-21,24-28H2,1-4H3,(H,47,52)(H2,43,45,46)/t30-,32-,33-,34+,41+,58?/m0/s1. The van der Waals surface area contributed by atoms with Gasteiger partial charge in [-0.25, -0.2) is 19.4 Å². The molecule has 1 aromatic carbocycles. The number of nitrogens with two attached hydrogens (primary N) is 1. The van der Waals surface area contributed by atoms with Gasteiger partial charge in [-0.3, -0.25) is 18.4 Å². The van der Waals surface area contributed by atoms with Crippen molar-refractivity contribution in [3.63, 3.8) is 0 Å². The van der Waals surface area contributed by atoms with Crippen LogP contribution in [0.1, 0.15) is 136 Å². The van der Waals surface area contributed by atoms with Gasteiger partial charge in [0.25, 0.3) is 0 Å². The van der Waals surface area contributed by atoms with Crippen LogP contribution in [-0.2, 0) is 43.8 Å². The number of unbranched alkanes of at least 4 members (excludes halogenated alkanes) is 12. The number of esters is 2. The number of hydrogen-bond acceptors (Lipinski definition) is 13. The smallest absolute Gasteiger partial charge is 0.407 e. The molecule has 0 radical (unpaired) electrons. The van der Waals surface area contributed by atoms with Crippen LogP contribution < -0.4 is 10.8 Å². The molecule has 1 unspecified atom stereocenters. The van der Waals surface area contributed by atoms with Crippen LogP contribution in [0.15, 0.2) is 36.7 Å². The van der Waals surface area contributed by atoms with Crippen LogP contribution in [0.4, 0.5) is 10.2 Å². The number of imidazole rings is 1. The molecule has 1 aliphatic rings. The molecule has 2 aromatic heterocycles. The van der Waals surface area contributed by atoms with Crippen molar-refractivity contribution in [2.75, 3.05) is 25.6 Å². The van der Waals surface area contributed by atoms with E-state index in [0.717, 1.165) is 56.9 Å². The second-order valence-corrected chi connectivity index (χ2v) is 17.0. The van der Waals surface area contributed by atoms with Gasteiger partial charge >= 0.3 is 25.8 Å². The maximum absolute atomic E-state index is 14.8. The zero-order valence-corrected chi connectivity index (χ0v) is 35.5. The number of anilines is 1. The van der Waals surface area contributed by atoms with E-state index in [2.05, 4.69) is 33.9 Å².